The van der Waals surface area contributed by atoms with Gasteiger partial charge in [0.05, 0.1) is 5.54 Å². The van der Waals surface area contributed by atoms with Crippen molar-refractivity contribution in [1.82, 2.24) is 5.32 Å². The normalized spacial score (nSPS) is 17.1. The summed E-state index contributed by atoms with van der Waals surface area (Å²) in [5.41, 5.74) is 7.36. The molecule has 98 valence electrons. The fraction of sp³-hybridized carbons (Fsp3) is 0.500. The maximum atomic E-state index is 13.5. The number of halogens is 1. The lowest BCUT2D eigenvalue weighted by Crippen LogP contribution is -2.58. The quantitative estimate of drug-likeness (QED) is 0.861. The van der Waals surface area contributed by atoms with Crippen LogP contribution in [-0.2, 0) is 11.3 Å². The van der Waals surface area contributed by atoms with Gasteiger partial charge in [0.1, 0.15) is 5.82 Å². The average molecular weight is 250 g/mol. The smallest absolute Gasteiger partial charge is 0.240 e. The molecule has 1 aliphatic rings. The largest absolute Gasteiger partial charge is 0.350 e. The Bertz CT molecular complexity index is 458. The predicted octanol–water partition coefficient (Wildman–Crippen LogP) is 1.94. The summed E-state index contributed by atoms with van der Waals surface area (Å²) in [6.45, 7) is 3.85. The van der Waals surface area contributed by atoms with Crippen LogP contribution >= 0.6 is 0 Å². The molecule has 1 aromatic rings. The highest BCUT2D eigenvalue weighted by atomic mass is 19.1. The third-order valence-corrected chi connectivity index (χ3v) is 3.65. The van der Waals surface area contributed by atoms with E-state index in [1.807, 2.05) is 0 Å². The molecule has 0 aliphatic heterocycles. The summed E-state index contributed by atoms with van der Waals surface area (Å²) in [5.74, 6) is -0.284. The van der Waals surface area contributed by atoms with Crippen LogP contribution in [0.4, 0.5) is 4.39 Å². The molecule has 0 unspecified atom stereocenters. The monoisotopic (exact) mass is 250 g/mol. The number of carbonyl (C=O) groups excluding carboxylic acids is 1. The molecule has 3 nitrogen and oxygen atoms in total. The molecule has 0 radical (unpaired) electrons. The third kappa shape index (κ3) is 2.38. The van der Waals surface area contributed by atoms with Gasteiger partial charge < -0.3 is 11.1 Å². The number of amides is 1. The Labute approximate surface area is 107 Å². The summed E-state index contributed by atoms with van der Waals surface area (Å²) >= 11 is 0. The molecule has 4 heteroatoms. The van der Waals surface area contributed by atoms with Crippen molar-refractivity contribution in [2.24, 2.45) is 5.73 Å². The first-order valence-corrected chi connectivity index (χ1v) is 6.25. The number of hydrogen-bond acceptors (Lipinski definition) is 2. The standard InChI is InChI=1S/C14H19FN2O/c1-9-6-11(7-10(2)12(9)15)8-17-13(18)14(16)4-3-5-14/h6-7H,3-5,8,16H2,1-2H3,(H,17,18). The first-order chi connectivity index (χ1) is 8.42. The van der Waals surface area contributed by atoms with Gasteiger partial charge in [0.25, 0.3) is 0 Å². The Morgan fingerprint density at radius 3 is 2.39 bits per heavy atom. The molecule has 18 heavy (non-hydrogen) atoms. The molecule has 0 saturated heterocycles. The molecule has 0 spiro atoms. The molecule has 0 bridgehead atoms. The zero-order chi connectivity index (χ0) is 13.3. The molecule has 1 aliphatic carbocycles. The molecular weight excluding hydrogens is 231 g/mol. The van der Waals surface area contributed by atoms with Crippen molar-refractivity contribution >= 4 is 5.91 Å². The number of aryl methyl sites for hydroxylation is 2. The highest BCUT2D eigenvalue weighted by Crippen LogP contribution is 2.29. The second-order valence-corrected chi connectivity index (χ2v) is 5.24. The minimum atomic E-state index is -0.676. The van der Waals surface area contributed by atoms with Crippen molar-refractivity contribution in [3.05, 3.63) is 34.6 Å². The van der Waals surface area contributed by atoms with Crippen LogP contribution in [-0.4, -0.2) is 11.4 Å². The maximum Gasteiger partial charge on any atom is 0.240 e. The van der Waals surface area contributed by atoms with Crippen molar-refractivity contribution < 1.29 is 9.18 Å². The van der Waals surface area contributed by atoms with Gasteiger partial charge >= 0.3 is 0 Å². The minimum absolute atomic E-state index is 0.103. The Hall–Kier alpha value is -1.42. The van der Waals surface area contributed by atoms with Crippen molar-refractivity contribution in [1.29, 1.82) is 0 Å². The van der Waals surface area contributed by atoms with E-state index in [1.54, 1.807) is 26.0 Å². The van der Waals surface area contributed by atoms with E-state index in [0.29, 0.717) is 17.7 Å². The van der Waals surface area contributed by atoms with Gasteiger partial charge in [-0.25, -0.2) is 4.39 Å². The molecule has 2 rings (SSSR count). The number of carbonyl (C=O) groups is 1. The van der Waals surface area contributed by atoms with Crippen LogP contribution in [0.25, 0.3) is 0 Å². The summed E-state index contributed by atoms with van der Waals surface area (Å²) in [5, 5.41) is 2.83. The van der Waals surface area contributed by atoms with Crippen LogP contribution in [0.2, 0.25) is 0 Å². The van der Waals surface area contributed by atoms with Crippen molar-refractivity contribution in [2.45, 2.75) is 45.2 Å². The summed E-state index contributed by atoms with van der Waals surface area (Å²) in [6, 6.07) is 3.51. The molecule has 0 aromatic heterocycles. The van der Waals surface area contributed by atoms with Gasteiger partial charge in [0.2, 0.25) is 5.91 Å². The number of nitrogens with one attached hydrogen (secondary N) is 1. The highest BCUT2D eigenvalue weighted by molar-refractivity contribution is 5.86. The Kier molecular flexibility index (Phi) is 3.39. The number of hydrogen-bond donors (Lipinski definition) is 2. The fourth-order valence-electron chi connectivity index (χ4n) is 2.28. The summed E-state index contributed by atoms with van der Waals surface area (Å²) in [6.07, 6.45) is 2.51. The van der Waals surface area contributed by atoms with Crippen molar-refractivity contribution in [3.63, 3.8) is 0 Å². The minimum Gasteiger partial charge on any atom is -0.350 e. The first-order valence-electron chi connectivity index (χ1n) is 6.25. The molecule has 1 saturated carbocycles. The van der Waals surface area contributed by atoms with Gasteiger partial charge in [0.15, 0.2) is 0 Å². The Balaban J connectivity index is 2.00. The van der Waals surface area contributed by atoms with E-state index in [9.17, 15) is 9.18 Å². The lowest BCUT2D eigenvalue weighted by atomic mass is 9.77. The maximum absolute atomic E-state index is 13.5. The molecule has 3 N–H and O–H groups in total. The highest BCUT2D eigenvalue weighted by Gasteiger charge is 2.39. The second-order valence-electron chi connectivity index (χ2n) is 5.24. The van der Waals surface area contributed by atoms with Crippen molar-refractivity contribution in [2.75, 3.05) is 0 Å². The van der Waals surface area contributed by atoms with Crippen LogP contribution in [0.1, 0.15) is 36.0 Å². The van der Waals surface area contributed by atoms with Gasteiger partial charge in [-0.2, -0.15) is 0 Å². The van der Waals surface area contributed by atoms with Crippen LogP contribution in [0.5, 0.6) is 0 Å². The third-order valence-electron chi connectivity index (χ3n) is 3.65. The van der Waals surface area contributed by atoms with Crippen molar-refractivity contribution in [3.8, 4) is 0 Å². The Morgan fingerprint density at radius 2 is 1.94 bits per heavy atom. The van der Waals surface area contributed by atoms with Crippen LogP contribution in [0.15, 0.2) is 12.1 Å². The van der Waals surface area contributed by atoms with Crippen LogP contribution in [0, 0.1) is 19.7 Å². The van der Waals surface area contributed by atoms with E-state index in [4.69, 9.17) is 5.73 Å². The fourth-order valence-corrected chi connectivity index (χ4v) is 2.28. The van der Waals surface area contributed by atoms with Gasteiger partial charge in [-0.3, -0.25) is 4.79 Å². The van der Waals surface area contributed by atoms with E-state index < -0.39 is 5.54 Å². The zero-order valence-electron chi connectivity index (χ0n) is 10.8. The van der Waals surface area contributed by atoms with E-state index in [1.165, 1.54) is 0 Å². The van der Waals surface area contributed by atoms with E-state index in [2.05, 4.69) is 5.32 Å². The second kappa shape index (κ2) is 4.69. The number of rotatable bonds is 3. The summed E-state index contributed by atoms with van der Waals surface area (Å²) in [7, 11) is 0. The first kappa shape index (κ1) is 13.0. The van der Waals surface area contributed by atoms with Crippen LogP contribution < -0.4 is 11.1 Å². The molecule has 0 heterocycles. The molecule has 0 atom stereocenters. The molecule has 1 aromatic carbocycles. The lowest BCUT2D eigenvalue weighted by molar-refractivity contribution is -0.129. The van der Waals surface area contributed by atoms with Crippen LogP contribution in [0.3, 0.4) is 0 Å². The summed E-state index contributed by atoms with van der Waals surface area (Å²) in [4.78, 5) is 11.8. The molecular formula is C14H19FN2O. The molecule has 1 fully saturated rings. The van der Waals surface area contributed by atoms with Gasteiger partial charge in [-0.1, -0.05) is 12.1 Å². The van der Waals surface area contributed by atoms with E-state index >= 15 is 0 Å². The average Bonchev–Trinajstić information content (AvgIpc) is 2.29. The SMILES string of the molecule is Cc1cc(CNC(=O)C2(N)CCC2)cc(C)c1F. The zero-order valence-corrected chi connectivity index (χ0v) is 10.8. The number of nitrogens with two attached hydrogens (primary N) is 1. The number of benzene rings is 1. The Morgan fingerprint density at radius 1 is 1.39 bits per heavy atom. The van der Waals surface area contributed by atoms with Gasteiger partial charge in [-0.05, 0) is 49.8 Å². The predicted molar refractivity (Wildman–Crippen MR) is 68.5 cm³/mol. The van der Waals surface area contributed by atoms with Gasteiger partial charge in [-0.15, -0.1) is 0 Å². The summed E-state index contributed by atoms with van der Waals surface area (Å²) < 4.78 is 13.5. The van der Waals surface area contributed by atoms with E-state index in [-0.39, 0.29) is 11.7 Å². The van der Waals surface area contributed by atoms with Gasteiger partial charge in [0, 0.05) is 6.54 Å². The topological polar surface area (TPSA) is 55.1 Å². The lowest BCUT2D eigenvalue weighted by Gasteiger charge is -2.36. The van der Waals surface area contributed by atoms with E-state index in [0.717, 1.165) is 24.8 Å². The molecule has 1 amide bonds.